The van der Waals surface area contributed by atoms with E-state index in [1.54, 1.807) is 7.05 Å². The summed E-state index contributed by atoms with van der Waals surface area (Å²) >= 11 is 0. The molecule has 5 nitrogen and oxygen atoms in total. The Bertz CT molecular complexity index is 534. The number of rotatable bonds is 6. The Morgan fingerprint density at radius 3 is 2.36 bits per heavy atom. The normalized spacial score (nSPS) is 16.8. The van der Waals surface area contributed by atoms with Crippen molar-refractivity contribution < 1.29 is 22.7 Å². The standard InChI is InChI=1S/C16H22F3N3O2.ClH/c1-20-11-15(23)21-10-14(22-6-8-24-9-7-22)12-2-4-13(5-3-12)16(17,18)19;/h2-5,14,20H,6-11H2,1H3,(H,21,23);1H. The smallest absolute Gasteiger partial charge is 0.379 e. The molecule has 142 valence electrons. The number of ether oxygens (including phenoxy) is 1. The van der Waals surface area contributed by atoms with Crippen LogP contribution in [0.3, 0.4) is 0 Å². The second-order valence-corrected chi connectivity index (χ2v) is 5.62. The van der Waals surface area contributed by atoms with Crippen molar-refractivity contribution in [2.45, 2.75) is 12.2 Å². The van der Waals surface area contributed by atoms with Gasteiger partial charge in [0.15, 0.2) is 0 Å². The Kier molecular flexibility index (Phi) is 8.64. The van der Waals surface area contributed by atoms with E-state index in [0.29, 0.717) is 32.8 Å². The van der Waals surface area contributed by atoms with Crippen LogP contribution >= 0.6 is 12.4 Å². The summed E-state index contributed by atoms with van der Waals surface area (Å²) in [6, 6.07) is 4.94. The first-order chi connectivity index (χ1) is 11.4. The van der Waals surface area contributed by atoms with Crippen molar-refractivity contribution in [3.63, 3.8) is 0 Å². The van der Waals surface area contributed by atoms with Gasteiger partial charge in [-0.1, -0.05) is 12.1 Å². The van der Waals surface area contributed by atoms with E-state index in [2.05, 4.69) is 15.5 Å². The number of halogens is 4. The number of morpholine rings is 1. The molecule has 1 aliphatic rings. The Labute approximate surface area is 151 Å². The fourth-order valence-corrected chi connectivity index (χ4v) is 2.67. The van der Waals surface area contributed by atoms with Gasteiger partial charge in [0.25, 0.3) is 0 Å². The molecule has 1 unspecified atom stereocenters. The minimum absolute atomic E-state index is 0. The van der Waals surface area contributed by atoms with Crippen LogP contribution in [0.1, 0.15) is 17.2 Å². The fraction of sp³-hybridized carbons (Fsp3) is 0.562. The maximum atomic E-state index is 12.7. The highest BCUT2D eigenvalue weighted by Crippen LogP contribution is 2.31. The predicted molar refractivity (Wildman–Crippen MR) is 90.8 cm³/mol. The van der Waals surface area contributed by atoms with E-state index in [0.717, 1.165) is 17.7 Å². The third-order valence-electron chi connectivity index (χ3n) is 3.94. The lowest BCUT2D eigenvalue weighted by molar-refractivity contribution is -0.137. The fourth-order valence-electron chi connectivity index (χ4n) is 2.67. The van der Waals surface area contributed by atoms with E-state index in [-0.39, 0.29) is 30.9 Å². The molecular weight excluding hydrogens is 359 g/mol. The number of hydrogen-bond donors (Lipinski definition) is 2. The lowest BCUT2D eigenvalue weighted by Crippen LogP contribution is -2.44. The van der Waals surface area contributed by atoms with E-state index < -0.39 is 11.7 Å². The van der Waals surface area contributed by atoms with Gasteiger partial charge in [-0.15, -0.1) is 12.4 Å². The van der Waals surface area contributed by atoms with Gasteiger partial charge < -0.3 is 15.4 Å². The van der Waals surface area contributed by atoms with Gasteiger partial charge in [0, 0.05) is 19.6 Å². The molecule has 1 aromatic carbocycles. The number of carbonyl (C=O) groups is 1. The first-order valence-corrected chi connectivity index (χ1v) is 7.82. The summed E-state index contributed by atoms with van der Waals surface area (Å²) in [4.78, 5) is 13.8. The van der Waals surface area contributed by atoms with E-state index in [1.165, 1.54) is 12.1 Å². The summed E-state index contributed by atoms with van der Waals surface area (Å²) in [7, 11) is 1.68. The molecule has 1 aliphatic heterocycles. The molecule has 1 atom stereocenters. The van der Waals surface area contributed by atoms with Gasteiger partial charge in [0.05, 0.1) is 31.4 Å². The van der Waals surface area contributed by atoms with Crippen LogP contribution in [0.15, 0.2) is 24.3 Å². The topological polar surface area (TPSA) is 53.6 Å². The van der Waals surface area contributed by atoms with Crippen molar-refractivity contribution in [3.8, 4) is 0 Å². The van der Waals surface area contributed by atoms with Gasteiger partial charge in [-0.2, -0.15) is 13.2 Å². The molecule has 9 heteroatoms. The minimum atomic E-state index is -4.35. The van der Waals surface area contributed by atoms with Crippen molar-refractivity contribution in [2.24, 2.45) is 0 Å². The van der Waals surface area contributed by atoms with E-state index in [1.807, 2.05) is 0 Å². The van der Waals surface area contributed by atoms with Gasteiger partial charge in [0.2, 0.25) is 5.91 Å². The molecule has 0 saturated carbocycles. The zero-order valence-corrected chi connectivity index (χ0v) is 14.8. The summed E-state index contributed by atoms with van der Waals surface area (Å²) < 4.78 is 43.5. The number of nitrogens with zero attached hydrogens (tertiary/aromatic N) is 1. The second-order valence-electron chi connectivity index (χ2n) is 5.62. The first-order valence-electron chi connectivity index (χ1n) is 7.82. The Balaban J connectivity index is 0.00000312. The maximum Gasteiger partial charge on any atom is 0.416 e. The van der Waals surface area contributed by atoms with Crippen LogP contribution in [-0.2, 0) is 15.7 Å². The molecule has 25 heavy (non-hydrogen) atoms. The summed E-state index contributed by atoms with van der Waals surface area (Å²) in [5, 5.41) is 5.58. The van der Waals surface area contributed by atoms with Gasteiger partial charge in [-0.3, -0.25) is 9.69 Å². The molecule has 1 heterocycles. The predicted octanol–water partition coefficient (Wildman–Crippen LogP) is 1.84. The molecule has 1 saturated heterocycles. The average Bonchev–Trinajstić information content (AvgIpc) is 2.56. The number of carbonyl (C=O) groups excluding carboxylic acids is 1. The van der Waals surface area contributed by atoms with Gasteiger partial charge in [-0.05, 0) is 24.7 Å². The van der Waals surface area contributed by atoms with Crippen LogP contribution < -0.4 is 10.6 Å². The first kappa shape index (κ1) is 21.7. The van der Waals surface area contributed by atoms with Gasteiger partial charge in [-0.25, -0.2) is 0 Å². The van der Waals surface area contributed by atoms with Crippen molar-refractivity contribution >= 4 is 18.3 Å². The molecule has 1 amide bonds. The zero-order valence-electron chi connectivity index (χ0n) is 13.9. The summed E-state index contributed by atoms with van der Waals surface area (Å²) in [6.45, 7) is 3.03. The lowest BCUT2D eigenvalue weighted by Gasteiger charge is -2.35. The van der Waals surface area contributed by atoms with Crippen LogP contribution in [0.5, 0.6) is 0 Å². The zero-order chi connectivity index (χ0) is 17.6. The molecule has 0 radical (unpaired) electrons. The maximum absolute atomic E-state index is 12.7. The molecule has 0 aromatic heterocycles. The van der Waals surface area contributed by atoms with Crippen LogP contribution in [0, 0.1) is 0 Å². The van der Waals surface area contributed by atoms with Crippen LogP contribution in [0.2, 0.25) is 0 Å². The number of likely N-dealkylation sites (N-methyl/N-ethyl adjacent to an activating group) is 1. The number of alkyl halides is 3. The Morgan fingerprint density at radius 2 is 1.84 bits per heavy atom. The second kappa shape index (κ2) is 9.96. The third-order valence-corrected chi connectivity index (χ3v) is 3.94. The molecule has 0 bridgehead atoms. The molecule has 2 N–H and O–H groups in total. The molecule has 1 fully saturated rings. The average molecular weight is 382 g/mol. The highest BCUT2D eigenvalue weighted by Gasteiger charge is 2.31. The van der Waals surface area contributed by atoms with Gasteiger partial charge >= 0.3 is 6.18 Å². The molecule has 1 aromatic rings. The summed E-state index contributed by atoms with van der Waals surface area (Å²) in [5.41, 5.74) is 0.0702. The number of nitrogens with one attached hydrogen (secondary N) is 2. The van der Waals surface area contributed by atoms with Crippen LogP contribution in [0.4, 0.5) is 13.2 Å². The van der Waals surface area contributed by atoms with E-state index in [9.17, 15) is 18.0 Å². The van der Waals surface area contributed by atoms with Gasteiger partial charge in [0.1, 0.15) is 0 Å². The monoisotopic (exact) mass is 381 g/mol. The van der Waals surface area contributed by atoms with E-state index >= 15 is 0 Å². The minimum Gasteiger partial charge on any atom is -0.379 e. The molecule has 0 aliphatic carbocycles. The Hall–Kier alpha value is -1.35. The molecule has 2 rings (SSSR count). The number of hydrogen-bond acceptors (Lipinski definition) is 4. The quantitative estimate of drug-likeness (QED) is 0.789. The van der Waals surface area contributed by atoms with Crippen LogP contribution in [0.25, 0.3) is 0 Å². The van der Waals surface area contributed by atoms with Crippen molar-refractivity contribution in [2.75, 3.05) is 46.4 Å². The SMILES string of the molecule is CNCC(=O)NCC(c1ccc(C(F)(F)F)cc1)N1CCOCC1.Cl. The number of amides is 1. The van der Waals surface area contributed by atoms with Crippen LogP contribution in [-0.4, -0.2) is 57.2 Å². The van der Waals surface area contributed by atoms with E-state index in [4.69, 9.17) is 4.74 Å². The third kappa shape index (κ3) is 6.47. The Morgan fingerprint density at radius 1 is 1.24 bits per heavy atom. The van der Waals surface area contributed by atoms with Crippen molar-refractivity contribution in [1.29, 1.82) is 0 Å². The molecule has 0 spiro atoms. The van der Waals surface area contributed by atoms with Crippen molar-refractivity contribution in [3.05, 3.63) is 35.4 Å². The summed E-state index contributed by atoms with van der Waals surface area (Å²) in [5.74, 6) is -0.150. The summed E-state index contributed by atoms with van der Waals surface area (Å²) in [6.07, 6.45) is -4.35. The highest BCUT2D eigenvalue weighted by atomic mass is 35.5. The largest absolute Gasteiger partial charge is 0.416 e. The molecular formula is C16H23ClF3N3O2. The number of benzene rings is 1. The highest BCUT2D eigenvalue weighted by molar-refractivity contribution is 5.85. The van der Waals surface area contributed by atoms with Crippen molar-refractivity contribution in [1.82, 2.24) is 15.5 Å². The lowest BCUT2D eigenvalue weighted by atomic mass is 10.0.